The lowest BCUT2D eigenvalue weighted by molar-refractivity contribution is -0.274. The summed E-state index contributed by atoms with van der Waals surface area (Å²) in [6.07, 6.45) is -3.02. The summed E-state index contributed by atoms with van der Waals surface area (Å²) in [4.78, 5) is 4.24. The Bertz CT molecular complexity index is 570. The molecule has 2 rings (SSSR count). The van der Waals surface area contributed by atoms with E-state index in [0.717, 1.165) is 5.01 Å². The van der Waals surface area contributed by atoms with Crippen molar-refractivity contribution >= 4 is 11.3 Å². The van der Waals surface area contributed by atoms with Crippen LogP contribution in [0.3, 0.4) is 0 Å². The van der Waals surface area contributed by atoms with Gasteiger partial charge in [-0.15, -0.1) is 24.5 Å². The van der Waals surface area contributed by atoms with Crippen LogP contribution in [0.2, 0.25) is 0 Å². The topological polar surface area (TPSA) is 34.1 Å². The second-order valence-electron chi connectivity index (χ2n) is 4.75. The molecule has 1 N–H and O–H groups in total. The minimum Gasteiger partial charge on any atom is -0.406 e. The van der Waals surface area contributed by atoms with Gasteiger partial charge >= 0.3 is 6.36 Å². The molecular formula is C14H15F3N2OS. The van der Waals surface area contributed by atoms with E-state index in [9.17, 15) is 13.2 Å². The summed E-state index contributed by atoms with van der Waals surface area (Å²) < 4.78 is 40.9. The van der Waals surface area contributed by atoms with Gasteiger partial charge in [0, 0.05) is 17.6 Å². The minimum atomic E-state index is -4.69. The number of hydrogen-bond donors (Lipinski definition) is 1. The number of thiazole rings is 1. The first-order valence-corrected chi connectivity index (χ1v) is 7.24. The fraction of sp³-hybridized carbons (Fsp3) is 0.357. The van der Waals surface area contributed by atoms with Crippen LogP contribution in [0.15, 0.2) is 35.8 Å². The van der Waals surface area contributed by atoms with Crippen molar-refractivity contribution < 1.29 is 17.9 Å². The molecule has 21 heavy (non-hydrogen) atoms. The molecule has 0 amide bonds. The molecule has 0 aliphatic carbocycles. The second kappa shape index (κ2) is 6.44. The molecule has 0 radical (unpaired) electrons. The first-order chi connectivity index (χ1) is 9.85. The normalized spacial score (nSPS) is 13.4. The lowest BCUT2D eigenvalue weighted by Gasteiger charge is -2.20. The Hall–Kier alpha value is -1.60. The first kappa shape index (κ1) is 15.8. The molecule has 1 heterocycles. The van der Waals surface area contributed by atoms with Gasteiger partial charge in [-0.2, -0.15) is 0 Å². The maximum absolute atomic E-state index is 12.3. The Labute approximate surface area is 124 Å². The van der Waals surface area contributed by atoms with Crippen molar-refractivity contribution in [2.24, 2.45) is 0 Å². The Morgan fingerprint density at radius 3 is 2.62 bits per heavy atom. The highest BCUT2D eigenvalue weighted by molar-refractivity contribution is 7.09. The first-order valence-electron chi connectivity index (χ1n) is 6.36. The number of hydrogen-bond acceptors (Lipinski definition) is 4. The van der Waals surface area contributed by atoms with Gasteiger partial charge in [0.2, 0.25) is 0 Å². The van der Waals surface area contributed by atoms with E-state index >= 15 is 0 Å². The van der Waals surface area contributed by atoms with E-state index in [1.807, 2.05) is 19.2 Å². The van der Waals surface area contributed by atoms with Gasteiger partial charge in [0.05, 0.1) is 6.04 Å². The Morgan fingerprint density at radius 2 is 2.05 bits per heavy atom. The standard InChI is InChI=1S/C14H15F3N2OS/c1-9(2)19-12(13-18-6-7-21-13)10-4-3-5-11(8-10)20-14(15,16)17/h3-9,12,19H,1-2H3. The number of nitrogens with one attached hydrogen (secondary N) is 1. The van der Waals surface area contributed by atoms with E-state index in [1.165, 1.54) is 23.5 Å². The summed E-state index contributed by atoms with van der Waals surface area (Å²) in [6.45, 7) is 3.94. The van der Waals surface area contributed by atoms with Crippen LogP contribution in [0, 0.1) is 0 Å². The van der Waals surface area contributed by atoms with Crippen molar-refractivity contribution in [3.8, 4) is 5.75 Å². The van der Waals surface area contributed by atoms with Crippen LogP contribution < -0.4 is 10.1 Å². The molecule has 0 aliphatic rings. The maximum Gasteiger partial charge on any atom is 0.573 e. The van der Waals surface area contributed by atoms with E-state index in [1.54, 1.807) is 18.3 Å². The third-order valence-electron chi connectivity index (χ3n) is 2.62. The zero-order chi connectivity index (χ0) is 15.5. The van der Waals surface area contributed by atoms with Crippen molar-refractivity contribution in [2.75, 3.05) is 0 Å². The zero-order valence-electron chi connectivity index (χ0n) is 11.5. The third kappa shape index (κ3) is 4.71. The average Bonchev–Trinajstić information content (AvgIpc) is 2.87. The Morgan fingerprint density at radius 1 is 1.29 bits per heavy atom. The van der Waals surface area contributed by atoms with Crippen molar-refractivity contribution in [3.63, 3.8) is 0 Å². The summed E-state index contributed by atoms with van der Waals surface area (Å²) in [6, 6.07) is 5.86. The zero-order valence-corrected chi connectivity index (χ0v) is 12.3. The average molecular weight is 316 g/mol. The SMILES string of the molecule is CC(C)NC(c1cccc(OC(F)(F)F)c1)c1nccs1. The van der Waals surface area contributed by atoms with Crippen LogP contribution in [-0.4, -0.2) is 17.4 Å². The van der Waals surface area contributed by atoms with Crippen LogP contribution in [0.5, 0.6) is 5.75 Å². The number of benzene rings is 1. The number of rotatable bonds is 5. The van der Waals surface area contributed by atoms with Crippen molar-refractivity contribution in [2.45, 2.75) is 32.3 Å². The third-order valence-corrected chi connectivity index (χ3v) is 3.46. The van der Waals surface area contributed by atoms with Gasteiger partial charge < -0.3 is 10.1 Å². The van der Waals surface area contributed by atoms with E-state index in [4.69, 9.17) is 0 Å². The fourth-order valence-corrected chi connectivity index (χ4v) is 2.63. The summed E-state index contributed by atoms with van der Waals surface area (Å²) in [7, 11) is 0. The van der Waals surface area contributed by atoms with Crippen LogP contribution in [0.25, 0.3) is 0 Å². The summed E-state index contributed by atoms with van der Waals surface area (Å²) >= 11 is 1.45. The van der Waals surface area contributed by atoms with Crippen molar-refractivity contribution in [1.29, 1.82) is 0 Å². The number of alkyl halides is 3. The highest BCUT2D eigenvalue weighted by atomic mass is 32.1. The molecular weight excluding hydrogens is 301 g/mol. The molecule has 1 unspecified atom stereocenters. The molecule has 1 aromatic carbocycles. The lowest BCUT2D eigenvalue weighted by atomic mass is 10.1. The molecule has 0 aliphatic heterocycles. The van der Waals surface area contributed by atoms with E-state index in [0.29, 0.717) is 5.56 Å². The van der Waals surface area contributed by atoms with Crippen LogP contribution >= 0.6 is 11.3 Å². The van der Waals surface area contributed by atoms with Gasteiger partial charge in [0.15, 0.2) is 0 Å². The highest BCUT2D eigenvalue weighted by Gasteiger charge is 2.31. The van der Waals surface area contributed by atoms with Gasteiger partial charge in [0.1, 0.15) is 10.8 Å². The van der Waals surface area contributed by atoms with Gasteiger partial charge in [-0.25, -0.2) is 4.98 Å². The predicted molar refractivity (Wildman–Crippen MR) is 75.4 cm³/mol. The summed E-state index contributed by atoms with van der Waals surface area (Å²) in [5.74, 6) is -0.230. The molecule has 1 aromatic heterocycles. The number of aromatic nitrogens is 1. The summed E-state index contributed by atoms with van der Waals surface area (Å²) in [5, 5.41) is 5.93. The van der Waals surface area contributed by atoms with E-state index in [2.05, 4.69) is 15.0 Å². The monoisotopic (exact) mass is 316 g/mol. The fourth-order valence-electron chi connectivity index (χ4n) is 1.91. The molecule has 0 spiro atoms. The molecule has 114 valence electrons. The van der Waals surface area contributed by atoms with Crippen LogP contribution in [0.4, 0.5) is 13.2 Å². The number of ether oxygens (including phenoxy) is 1. The highest BCUT2D eigenvalue weighted by Crippen LogP contribution is 2.29. The molecule has 3 nitrogen and oxygen atoms in total. The Balaban J connectivity index is 2.30. The molecule has 1 atom stereocenters. The van der Waals surface area contributed by atoms with E-state index in [-0.39, 0.29) is 17.8 Å². The van der Waals surface area contributed by atoms with Gasteiger partial charge in [-0.05, 0) is 31.5 Å². The quantitative estimate of drug-likeness (QED) is 0.900. The van der Waals surface area contributed by atoms with Crippen molar-refractivity contribution in [1.82, 2.24) is 10.3 Å². The predicted octanol–water partition coefficient (Wildman–Crippen LogP) is 4.13. The molecule has 7 heteroatoms. The minimum absolute atomic E-state index is 0.158. The molecule has 0 saturated heterocycles. The second-order valence-corrected chi connectivity index (χ2v) is 5.67. The lowest BCUT2D eigenvalue weighted by Crippen LogP contribution is -2.29. The molecule has 0 saturated carbocycles. The molecule has 0 fully saturated rings. The smallest absolute Gasteiger partial charge is 0.406 e. The molecule has 0 bridgehead atoms. The molecule has 2 aromatic rings. The van der Waals surface area contributed by atoms with Gasteiger partial charge in [-0.1, -0.05) is 12.1 Å². The number of nitrogens with zero attached hydrogens (tertiary/aromatic N) is 1. The van der Waals surface area contributed by atoms with E-state index < -0.39 is 6.36 Å². The van der Waals surface area contributed by atoms with Crippen LogP contribution in [-0.2, 0) is 0 Å². The maximum atomic E-state index is 12.3. The van der Waals surface area contributed by atoms with Gasteiger partial charge in [0.25, 0.3) is 0 Å². The summed E-state index contributed by atoms with van der Waals surface area (Å²) in [5.41, 5.74) is 0.681. The largest absolute Gasteiger partial charge is 0.573 e. The van der Waals surface area contributed by atoms with Gasteiger partial charge in [-0.3, -0.25) is 0 Å². The Kier molecular flexibility index (Phi) is 4.84. The van der Waals surface area contributed by atoms with Crippen LogP contribution in [0.1, 0.15) is 30.5 Å². The van der Waals surface area contributed by atoms with Crippen molar-refractivity contribution in [3.05, 3.63) is 46.4 Å². The number of halogens is 3.